The maximum atomic E-state index is 10.2. The second-order valence-corrected chi connectivity index (χ2v) is 3.38. The van der Waals surface area contributed by atoms with E-state index < -0.39 is 48.6 Å². The molecular weight excluding hydrogens is 210 g/mol. The van der Waals surface area contributed by atoms with Crippen LogP contribution in [0.4, 0.5) is 0 Å². The Kier molecular flexibility index (Phi) is 3.94. The summed E-state index contributed by atoms with van der Waals surface area (Å²) in [7, 11) is 0. The van der Waals surface area contributed by atoms with E-state index in [1.165, 1.54) is 0 Å². The molecule has 8 nitrogen and oxygen atoms in total. The normalized spacial score (nSPS) is 41.5. The lowest BCUT2D eigenvalue weighted by molar-refractivity contribution is -0.499. The van der Waals surface area contributed by atoms with Crippen molar-refractivity contribution in [3.63, 3.8) is 0 Å². The summed E-state index contributed by atoms with van der Waals surface area (Å²) in [6, 6.07) is 0. The molecule has 0 aliphatic carbocycles. The predicted molar refractivity (Wildman–Crippen MR) is 45.6 cm³/mol. The zero-order chi connectivity index (χ0) is 11.6. The van der Waals surface area contributed by atoms with Gasteiger partial charge in [0.15, 0.2) is 6.10 Å². The predicted octanol–water partition coefficient (Wildman–Crippen LogP) is -2.89. The van der Waals surface area contributed by atoms with E-state index in [0.29, 0.717) is 0 Å². The van der Waals surface area contributed by atoms with Gasteiger partial charge in [-0.25, -0.2) is 0 Å². The maximum absolute atomic E-state index is 10.2. The first-order valence-corrected chi connectivity index (χ1v) is 4.39. The molecule has 4 N–H and O–H groups in total. The van der Waals surface area contributed by atoms with Crippen LogP contribution >= 0.6 is 0 Å². The number of nitrogens with zero attached hydrogens (tertiary/aromatic N) is 1. The topological polar surface area (TPSA) is 133 Å². The van der Waals surface area contributed by atoms with Gasteiger partial charge in [0.25, 0.3) is 0 Å². The van der Waals surface area contributed by atoms with Gasteiger partial charge in [-0.1, -0.05) is 0 Å². The van der Waals surface area contributed by atoms with Gasteiger partial charge < -0.3 is 25.2 Å². The molecule has 5 unspecified atom stereocenters. The molecule has 0 amide bonds. The van der Waals surface area contributed by atoms with Gasteiger partial charge in [0.1, 0.15) is 24.4 Å². The fourth-order valence-electron chi connectivity index (χ4n) is 1.48. The van der Waals surface area contributed by atoms with Crippen molar-refractivity contribution in [3.8, 4) is 0 Å². The zero-order valence-electron chi connectivity index (χ0n) is 7.76. The average molecular weight is 223 g/mol. The van der Waals surface area contributed by atoms with Crippen LogP contribution < -0.4 is 0 Å². The summed E-state index contributed by atoms with van der Waals surface area (Å²) < 4.78 is 4.89. The fourth-order valence-corrected chi connectivity index (χ4v) is 1.48. The molecule has 0 aromatic rings. The Bertz CT molecular complexity index is 233. The molecule has 5 atom stereocenters. The van der Waals surface area contributed by atoms with Gasteiger partial charge >= 0.3 is 0 Å². The molecule has 0 spiro atoms. The van der Waals surface area contributed by atoms with E-state index in [1.807, 2.05) is 0 Å². The molecule has 0 saturated carbocycles. The highest BCUT2D eigenvalue weighted by molar-refractivity contribution is 4.91. The number of aliphatic hydroxyl groups excluding tert-OH is 4. The van der Waals surface area contributed by atoms with Gasteiger partial charge in [0.05, 0.1) is 6.61 Å². The molecule has 0 aromatic heterocycles. The first-order valence-electron chi connectivity index (χ1n) is 4.39. The van der Waals surface area contributed by atoms with Crippen LogP contribution in [-0.4, -0.2) is 69.0 Å². The van der Waals surface area contributed by atoms with Crippen molar-refractivity contribution in [2.24, 2.45) is 0 Å². The second-order valence-electron chi connectivity index (χ2n) is 3.38. The number of hydrogen-bond acceptors (Lipinski definition) is 7. The number of aliphatic hydroxyl groups is 4. The molecule has 1 rings (SSSR count). The first-order chi connectivity index (χ1) is 6.97. The van der Waals surface area contributed by atoms with E-state index >= 15 is 0 Å². The van der Waals surface area contributed by atoms with Crippen LogP contribution in [0.25, 0.3) is 0 Å². The molecule has 0 bridgehead atoms. The van der Waals surface area contributed by atoms with Crippen molar-refractivity contribution in [2.45, 2.75) is 30.5 Å². The molecule has 88 valence electrons. The van der Waals surface area contributed by atoms with E-state index in [4.69, 9.17) is 9.84 Å². The van der Waals surface area contributed by atoms with Gasteiger partial charge in [0, 0.05) is 4.92 Å². The zero-order valence-corrected chi connectivity index (χ0v) is 7.76. The summed E-state index contributed by atoms with van der Waals surface area (Å²) in [6.45, 7) is -1.28. The lowest BCUT2D eigenvalue weighted by Gasteiger charge is -2.38. The average Bonchev–Trinajstić information content (AvgIpc) is 2.18. The Hall–Kier alpha value is -0.800. The smallest absolute Gasteiger partial charge is 0.232 e. The Morgan fingerprint density at radius 1 is 1.13 bits per heavy atom. The Labute approximate surface area is 84.9 Å². The van der Waals surface area contributed by atoms with Gasteiger partial charge in [-0.15, -0.1) is 0 Å². The quantitative estimate of drug-likeness (QED) is 0.298. The van der Waals surface area contributed by atoms with E-state index in [2.05, 4.69) is 0 Å². The van der Waals surface area contributed by atoms with E-state index in [0.717, 1.165) is 0 Å². The minimum absolute atomic E-state index is 0.584. The third-order valence-corrected chi connectivity index (χ3v) is 2.32. The van der Waals surface area contributed by atoms with E-state index in [9.17, 15) is 25.4 Å². The van der Waals surface area contributed by atoms with E-state index in [-0.39, 0.29) is 0 Å². The van der Waals surface area contributed by atoms with Crippen LogP contribution in [0.2, 0.25) is 0 Å². The summed E-state index contributed by atoms with van der Waals surface area (Å²) in [4.78, 5) is 9.50. The van der Waals surface area contributed by atoms with Crippen LogP contribution in [0, 0.1) is 10.1 Å². The molecule has 0 aromatic carbocycles. The molecular formula is C7H13NO7. The number of nitro groups is 1. The number of ether oxygens (including phenoxy) is 1. The standard InChI is InChI=1S/C7H13NO7/c9-2-4-6(11)7(12)5(10)3(15-4)1-8(13)14/h3-7,9-12H,1-2H2. The van der Waals surface area contributed by atoms with Gasteiger partial charge in [-0.2, -0.15) is 0 Å². The van der Waals surface area contributed by atoms with Crippen LogP contribution in [0.5, 0.6) is 0 Å². The molecule has 1 saturated heterocycles. The highest BCUT2D eigenvalue weighted by atomic mass is 16.6. The van der Waals surface area contributed by atoms with Crippen molar-refractivity contribution >= 4 is 0 Å². The molecule has 15 heavy (non-hydrogen) atoms. The summed E-state index contributed by atoms with van der Waals surface area (Å²) in [6.07, 6.45) is -6.88. The van der Waals surface area contributed by atoms with Crippen LogP contribution in [0.15, 0.2) is 0 Å². The summed E-state index contributed by atoms with van der Waals surface area (Å²) in [5.74, 6) is 0. The Morgan fingerprint density at radius 3 is 2.13 bits per heavy atom. The van der Waals surface area contributed by atoms with E-state index in [1.54, 1.807) is 0 Å². The second kappa shape index (κ2) is 4.81. The van der Waals surface area contributed by atoms with Crippen LogP contribution in [0.1, 0.15) is 0 Å². The summed E-state index contributed by atoms with van der Waals surface area (Å²) in [5, 5.41) is 46.9. The van der Waals surface area contributed by atoms with Crippen LogP contribution in [0.3, 0.4) is 0 Å². The fraction of sp³-hybridized carbons (Fsp3) is 1.00. The van der Waals surface area contributed by atoms with Crippen molar-refractivity contribution in [2.75, 3.05) is 13.2 Å². The third-order valence-electron chi connectivity index (χ3n) is 2.32. The van der Waals surface area contributed by atoms with Crippen molar-refractivity contribution < 1.29 is 30.1 Å². The Morgan fingerprint density at radius 2 is 1.67 bits per heavy atom. The van der Waals surface area contributed by atoms with Crippen molar-refractivity contribution in [3.05, 3.63) is 10.1 Å². The maximum Gasteiger partial charge on any atom is 0.232 e. The molecule has 0 radical (unpaired) electrons. The van der Waals surface area contributed by atoms with Crippen molar-refractivity contribution in [1.29, 1.82) is 0 Å². The Balaban J connectivity index is 2.69. The lowest BCUT2D eigenvalue weighted by Crippen LogP contribution is -2.60. The molecule has 8 heteroatoms. The highest BCUT2D eigenvalue weighted by Gasteiger charge is 2.45. The minimum atomic E-state index is -1.55. The monoisotopic (exact) mass is 223 g/mol. The van der Waals surface area contributed by atoms with Gasteiger partial charge in [-0.3, -0.25) is 10.1 Å². The van der Waals surface area contributed by atoms with Gasteiger partial charge in [-0.05, 0) is 0 Å². The highest BCUT2D eigenvalue weighted by Crippen LogP contribution is 2.21. The van der Waals surface area contributed by atoms with Gasteiger partial charge in [0.2, 0.25) is 6.54 Å². The first kappa shape index (κ1) is 12.3. The molecule has 1 heterocycles. The third kappa shape index (κ3) is 2.61. The minimum Gasteiger partial charge on any atom is -0.394 e. The summed E-state index contributed by atoms with van der Waals surface area (Å²) in [5.41, 5.74) is 0. The number of rotatable bonds is 3. The van der Waals surface area contributed by atoms with Crippen molar-refractivity contribution in [1.82, 2.24) is 0 Å². The molecule has 1 aliphatic rings. The molecule has 1 fully saturated rings. The SMILES string of the molecule is O=[N+]([O-])CC1OC(CO)C(O)C(O)C1O. The molecule has 1 aliphatic heterocycles. The summed E-state index contributed by atoms with van der Waals surface area (Å²) >= 11 is 0. The largest absolute Gasteiger partial charge is 0.394 e. The van der Waals surface area contributed by atoms with Crippen LogP contribution in [-0.2, 0) is 4.74 Å². The lowest BCUT2D eigenvalue weighted by atomic mass is 9.95. The number of hydrogen-bond donors (Lipinski definition) is 4.